The van der Waals surface area contributed by atoms with Gasteiger partial charge in [-0.2, -0.15) is 0 Å². The van der Waals surface area contributed by atoms with E-state index >= 15 is 0 Å². The van der Waals surface area contributed by atoms with Gasteiger partial charge in [-0.05, 0) is 28.7 Å². The van der Waals surface area contributed by atoms with Gasteiger partial charge in [0.1, 0.15) is 5.75 Å². The average Bonchev–Trinajstić information content (AvgIpc) is 2.70. The third kappa shape index (κ3) is 5.18. The van der Waals surface area contributed by atoms with Crippen LogP contribution in [0.4, 0.5) is 0 Å². The van der Waals surface area contributed by atoms with Crippen LogP contribution in [0.15, 0.2) is 72.1 Å². The van der Waals surface area contributed by atoms with Gasteiger partial charge in [-0.1, -0.05) is 60.7 Å². The normalized spacial score (nSPS) is 11.7. The van der Waals surface area contributed by atoms with Crippen LogP contribution in [0.5, 0.6) is 5.75 Å². The number of carboxylic acids is 1. The van der Waals surface area contributed by atoms with E-state index in [0.717, 1.165) is 27.3 Å². The van der Waals surface area contributed by atoms with Crippen molar-refractivity contribution in [2.45, 2.75) is 6.54 Å². The lowest BCUT2D eigenvalue weighted by Crippen LogP contribution is -2.20. The third-order valence-corrected chi connectivity index (χ3v) is 5.07. The Morgan fingerprint density at radius 1 is 0.964 bits per heavy atom. The highest BCUT2D eigenvalue weighted by atomic mass is 32.2. The number of fused-ring (bicyclic) bond motifs is 1. The summed E-state index contributed by atoms with van der Waals surface area (Å²) >= 11 is 0. The maximum absolute atomic E-state index is 12.3. The number of ether oxygens (including phenoxy) is 1. The molecule has 0 aliphatic carbocycles. The van der Waals surface area contributed by atoms with Gasteiger partial charge in [-0.3, -0.25) is 0 Å². The second-order valence-electron chi connectivity index (χ2n) is 6.03. The highest BCUT2D eigenvalue weighted by Gasteiger charge is 2.10. The molecule has 0 spiro atoms. The summed E-state index contributed by atoms with van der Waals surface area (Å²) in [6.07, 6.45) is 1.53. The molecular formula is C21H19NO5S. The van der Waals surface area contributed by atoms with E-state index in [0.29, 0.717) is 5.75 Å². The maximum Gasteiger partial charge on any atom is 0.341 e. The number of carboxylic acid groups (broad SMARTS) is 1. The molecule has 3 rings (SSSR count). The number of nitrogens with one attached hydrogen (secondary N) is 1. The molecule has 28 heavy (non-hydrogen) atoms. The lowest BCUT2D eigenvalue weighted by molar-refractivity contribution is -0.139. The molecule has 2 N–H and O–H groups in total. The molecule has 0 unspecified atom stereocenters. The summed E-state index contributed by atoms with van der Waals surface area (Å²) in [5.41, 5.74) is 1.55. The van der Waals surface area contributed by atoms with Crippen molar-refractivity contribution in [3.05, 3.63) is 83.3 Å². The van der Waals surface area contributed by atoms with Crippen molar-refractivity contribution in [1.82, 2.24) is 4.72 Å². The van der Waals surface area contributed by atoms with Gasteiger partial charge in [-0.15, -0.1) is 0 Å². The van der Waals surface area contributed by atoms with Crippen molar-refractivity contribution < 1.29 is 23.1 Å². The molecule has 0 bridgehead atoms. The summed E-state index contributed by atoms with van der Waals surface area (Å²) in [6, 6.07) is 19.8. The van der Waals surface area contributed by atoms with E-state index in [1.807, 2.05) is 42.5 Å². The minimum atomic E-state index is -3.62. The smallest absolute Gasteiger partial charge is 0.341 e. The van der Waals surface area contributed by atoms with E-state index < -0.39 is 22.6 Å². The van der Waals surface area contributed by atoms with E-state index in [2.05, 4.69) is 4.72 Å². The molecule has 0 aromatic heterocycles. The fourth-order valence-corrected chi connectivity index (χ4v) is 3.51. The molecule has 6 nitrogen and oxygen atoms in total. The fraction of sp³-hybridized carbons (Fsp3) is 0.0952. The molecule has 0 radical (unpaired) electrons. The van der Waals surface area contributed by atoms with Gasteiger partial charge < -0.3 is 9.84 Å². The van der Waals surface area contributed by atoms with Crippen molar-refractivity contribution >= 4 is 32.8 Å². The molecule has 0 aliphatic rings. The minimum Gasteiger partial charge on any atom is -0.481 e. The Balaban J connectivity index is 1.78. The van der Waals surface area contributed by atoms with Crippen LogP contribution >= 0.6 is 0 Å². The van der Waals surface area contributed by atoms with Crippen LogP contribution in [-0.4, -0.2) is 26.1 Å². The van der Waals surface area contributed by atoms with Gasteiger partial charge in [0.05, 0.1) is 0 Å². The second-order valence-corrected chi connectivity index (χ2v) is 7.68. The standard InChI is InChI=1S/C21H19NO5S/c23-21(24)15-27-20-11-5-9-18-17(8-4-10-19(18)20)14-22-28(25,26)13-12-16-6-2-1-3-7-16/h1-13,22H,14-15H2,(H,23,24)/b13-12+. The average molecular weight is 397 g/mol. The first kappa shape index (κ1) is 19.6. The summed E-state index contributed by atoms with van der Waals surface area (Å²) in [5.74, 6) is -0.625. The molecule has 7 heteroatoms. The summed E-state index contributed by atoms with van der Waals surface area (Å²) in [5, 5.41) is 11.4. The molecular weight excluding hydrogens is 378 g/mol. The zero-order valence-corrected chi connectivity index (χ0v) is 15.7. The van der Waals surface area contributed by atoms with E-state index in [4.69, 9.17) is 9.84 Å². The van der Waals surface area contributed by atoms with Crippen LogP contribution in [0.2, 0.25) is 0 Å². The zero-order chi connectivity index (χ0) is 20.0. The Hall–Kier alpha value is -3.16. The minimum absolute atomic E-state index is 0.0984. The molecule has 3 aromatic carbocycles. The Morgan fingerprint density at radius 2 is 1.68 bits per heavy atom. The molecule has 0 atom stereocenters. The topological polar surface area (TPSA) is 92.7 Å². The zero-order valence-electron chi connectivity index (χ0n) is 14.9. The van der Waals surface area contributed by atoms with E-state index in [-0.39, 0.29) is 6.54 Å². The summed E-state index contributed by atoms with van der Waals surface area (Å²) in [7, 11) is -3.62. The number of carbonyl (C=O) groups is 1. The predicted molar refractivity (Wildman–Crippen MR) is 108 cm³/mol. The summed E-state index contributed by atoms with van der Waals surface area (Å²) in [4.78, 5) is 10.7. The molecule has 0 saturated heterocycles. The van der Waals surface area contributed by atoms with Crippen LogP contribution in [0.25, 0.3) is 16.8 Å². The molecule has 0 amide bonds. The van der Waals surface area contributed by atoms with Crippen molar-refractivity contribution in [3.8, 4) is 5.75 Å². The SMILES string of the molecule is O=C(O)COc1cccc2c(CNS(=O)(=O)/C=C/c3ccccc3)cccc12. The number of hydrogen-bond acceptors (Lipinski definition) is 4. The summed E-state index contributed by atoms with van der Waals surface area (Å²) in [6.45, 7) is -0.346. The number of sulfonamides is 1. The fourth-order valence-electron chi connectivity index (χ4n) is 2.72. The second kappa shape index (κ2) is 8.69. The van der Waals surface area contributed by atoms with Crippen molar-refractivity contribution in [2.24, 2.45) is 0 Å². The van der Waals surface area contributed by atoms with Gasteiger partial charge in [0.2, 0.25) is 10.0 Å². The largest absolute Gasteiger partial charge is 0.481 e. The van der Waals surface area contributed by atoms with Crippen LogP contribution < -0.4 is 9.46 Å². The maximum atomic E-state index is 12.3. The first-order chi connectivity index (χ1) is 13.4. The van der Waals surface area contributed by atoms with Gasteiger partial charge in [0.15, 0.2) is 6.61 Å². The Kier molecular flexibility index (Phi) is 6.08. The lowest BCUT2D eigenvalue weighted by atomic mass is 10.0. The molecule has 0 fully saturated rings. The molecule has 0 saturated carbocycles. The first-order valence-corrected chi connectivity index (χ1v) is 10.1. The van der Waals surface area contributed by atoms with Gasteiger partial charge in [0.25, 0.3) is 0 Å². The van der Waals surface area contributed by atoms with E-state index in [1.54, 1.807) is 24.3 Å². The Bertz CT molecular complexity index is 1110. The van der Waals surface area contributed by atoms with Gasteiger partial charge in [-0.25, -0.2) is 17.9 Å². The van der Waals surface area contributed by atoms with Crippen molar-refractivity contribution in [2.75, 3.05) is 6.61 Å². The molecule has 3 aromatic rings. The Labute approximate surface area is 163 Å². The van der Waals surface area contributed by atoms with Gasteiger partial charge >= 0.3 is 5.97 Å². The van der Waals surface area contributed by atoms with E-state index in [1.165, 1.54) is 6.08 Å². The molecule has 144 valence electrons. The van der Waals surface area contributed by atoms with Crippen molar-refractivity contribution in [3.63, 3.8) is 0 Å². The van der Waals surface area contributed by atoms with E-state index in [9.17, 15) is 13.2 Å². The van der Waals surface area contributed by atoms with Crippen LogP contribution in [0, 0.1) is 0 Å². The van der Waals surface area contributed by atoms with Gasteiger partial charge in [0, 0.05) is 17.3 Å². The molecule has 0 aliphatic heterocycles. The van der Waals surface area contributed by atoms with Crippen LogP contribution in [0.3, 0.4) is 0 Å². The number of aliphatic carboxylic acids is 1. The quantitative estimate of drug-likeness (QED) is 0.608. The third-order valence-electron chi connectivity index (χ3n) is 4.03. The number of benzene rings is 3. The lowest BCUT2D eigenvalue weighted by Gasteiger charge is -2.11. The van der Waals surface area contributed by atoms with Crippen molar-refractivity contribution in [1.29, 1.82) is 0 Å². The number of rotatable bonds is 8. The monoisotopic (exact) mass is 397 g/mol. The Morgan fingerprint density at radius 3 is 2.43 bits per heavy atom. The predicted octanol–water partition coefficient (Wildman–Crippen LogP) is 3.39. The highest BCUT2D eigenvalue weighted by Crippen LogP contribution is 2.28. The molecule has 0 heterocycles. The van der Waals surface area contributed by atoms with Crippen LogP contribution in [0.1, 0.15) is 11.1 Å². The first-order valence-electron chi connectivity index (χ1n) is 8.53. The van der Waals surface area contributed by atoms with Crippen LogP contribution in [-0.2, 0) is 21.4 Å². The number of hydrogen-bond donors (Lipinski definition) is 2. The summed E-state index contributed by atoms with van der Waals surface area (Å²) < 4.78 is 32.4. The highest BCUT2D eigenvalue weighted by molar-refractivity contribution is 7.92.